The molecule has 1 fully saturated rings. The molecule has 0 saturated carbocycles. The zero-order valence-electron chi connectivity index (χ0n) is 21.6. The molecule has 3 aromatic heterocycles. The number of anilines is 1. The lowest BCUT2D eigenvalue weighted by atomic mass is 9.95. The third kappa shape index (κ3) is 5.38. The van der Waals surface area contributed by atoms with Crippen molar-refractivity contribution >= 4 is 33.0 Å². The summed E-state index contributed by atoms with van der Waals surface area (Å²) in [7, 11) is 5.60. The van der Waals surface area contributed by atoms with E-state index in [2.05, 4.69) is 36.6 Å². The van der Waals surface area contributed by atoms with Crippen LogP contribution in [0.25, 0.3) is 11.2 Å². The van der Waals surface area contributed by atoms with Crippen LogP contribution in [0, 0.1) is 0 Å². The van der Waals surface area contributed by atoms with Crippen LogP contribution in [-0.4, -0.2) is 82.6 Å². The number of rotatable bonds is 9. The first-order valence-electron chi connectivity index (χ1n) is 12.5. The van der Waals surface area contributed by atoms with Gasteiger partial charge in [0, 0.05) is 19.0 Å². The maximum Gasteiger partial charge on any atom is 0.278 e. The number of piperidine rings is 1. The van der Waals surface area contributed by atoms with Crippen molar-refractivity contribution in [2.24, 2.45) is 0 Å². The van der Waals surface area contributed by atoms with E-state index in [4.69, 9.17) is 14.6 Å². The average Bonchev–Trinajstić information content (AvgIpc) is 3.47. The molecule has 1 aliphatic rings. The Morgan fingerprint density at radius 1 is 1.29 bits per heavy atom. The predicted molar refractivity (Wildman–Crippen MR) is 148 cm³/mol. The summed E-state index contributed by atoms with van der Waals surface area (Å²) in [5.41, 5.74) is 3.08. The first-order chi connectivity index (χ1) is 18.5. The number of amides is 1. The lowest BCUT2D eigenvalue weighted by molar-refractivity contribution is 0.101. The van der Waals surface area contributed by atoms with Crippen LogP contribution in [-0.2, 0) is 0 Å². The molecule has 1 atom stereocenters. The number of aromatic nitrogens is 5. The van der Waals surface area contributed by atoms with E-state index in [0.717, 1.165) is 43.1 Å². The van der Waals surface area contributed by atoms with Gasteiger partial charge in [-0.1, -0.05) is 0 Å². The zero-order valence-corrected chi connectivity index (χ0v) is 23.2. The average molecular weight is 583 g/mol. The lowest BCUT2D eigenvalue weighted by Crippen LogP contribution is -2.29. The highest BCUT2D eigenvalue weighted by atomic mass is 79.9. The third-order valence-electron chi connectivity index (χ3n) is 6.52. The molecule has 12 heteroatoms. The Bertz CT molecular complexity index is 1410. The largest absolute Gasteiger partial charge is 0.497 e. The Morgan fingerprint density at radius 3 is 2.82 bits per heavy atom. The van der Waals surface area contributed by atoms with Crippen molar-refractivity contribution in [3.8, 4) is 17.2 Å². The fourth-order valence-corrected chi connectivity index (χ4v) is 5.06. The second-order valence-corrected chi connectivity index (χ2v) is 10.2. The van der Waals surface area contributed by atoms with E-state index in [-0.39, 0.29) is 11.8 Å². The Kier molecular flexibility index (Phi) is 7.91. The number of methoxy groups -OCH3 is 1. The highest BCUT2D eigenvalue weighted by Crippen LogP contribution is 2.36. The number of halogens is 1. The van der Waals surface area contributed by atoms with E-state index < -0.39 is 0 Å². The molecule has 0 aliphatic carbocycles. The van der Waals surface area contributed by atoms with Crippen molar-refractivity contribution in [2.75, 3.05) is 52.8 Å². The van der Waals surface area contributed by atoms with Crippen molar-refractivity contribution in [3.63, 3.8) is 0 Å². The molecule has 1 aliphatic heterocycles. The summed E-state index contributed by atoms with van der Waals surface area (Å²) in [5.74, 6) is 1.01. The zero-order chi connectivity index (χ0) is 26.6. The minimum Gasteiger partial charge on any atom is -0.497 e. The van der Waals surface area contributed by atoms with Gasteiger partial charge in [0.15, 0.2) is 11.4 Å². The molecule has 4 heterocycles. The molecule has 11 nitrogen and oxygen atoms in total. The second-order valence-electron chi connectivity index (χ2n) is 9.41. The van der Waals surface area contributed by atoms with E-state index >= 15 is 0 Å². The number of fused-ring (bicyclic) bond motifs is 1. The van der Waals surface area contributed by atoms with Crippen LogP contribution >= 0.6 is 15.9 Å². The van der Waals surface area contributed by atoms with Gasteiger partial charge in [0.25, 0.3) is 5.91 Å². The van der Waals surface area contributed by atoms with Gasteiger partial charge in [-0.2, -0.15) is 10.2 Å². The summed E-state index contributed by atoms with van der Waals surface area (Å²) in [6.45, 7) is 2.87. The molecular formula is C26H31BrN8O3. The number of likely N-dealkylation sites (N-methyl/N-ethyl adjacent to an activating group) is 1. The number of ether oxygens (including phenoxy) is 2. The summed E-state index contributed by atoms with van der Waals surface area (Å²) >= 11 is 3.50. The smallest absolute Gasteiger partial charge is 0.278 e. The summed E-state index contributed by atoms with van der Waals surface area (Å²) in [4.78, 5) is 20.2. The monoisotopic (exact) mass is 582 g/mol. The number of nitrogens with one attached hydrogen (secondary N) is 2. The molecule has 0 radical (unpaired) electrons. The number of carbonyl (C=O) groups excluding carboxylic acids is 1. The van der Waals surface area contributed by atoms with Crippen LogP contribution in [0.1, 0.15) is 34.9 Å². The SMILES string of the molecule is COc1ccc(-n2nc(C3CCCNC3)c(OCCN(C)C)c2C(=O)Nc2cc(Br)n3ncncc23)cc1. The van der Waals surface area contributed by atoms with Gasteiger partial charge in [-0.25, -0.2) is 14.2 Å². The first-order valence-corrected chi connectivity index (χ1v) is 13.3. The standard InChI is InChI=1S/C26H31BrN8O3/c1-33(2)11-12-38-25-23(17-5-4-10-28-14-17)32-34(18-6-8-19(37-3)9-7-18)24(25)26(36)31-20-13-22(27)35-21(20)15-29-16-30-35/h6-9,13,15-17,28H,4-5,10-12,14H2,1-3H3,(H,31,36). The van der Waals surface area contributed by atoms with Crippen LogP contribution in [0.4, 0.5) is 5.69 Å². The Balaban J connectivity index is 1.61. The molecular weight excluding hydrogens is 552 g/mol. The van der Waals surface area contributed by atoms with Crippen LogP contribution in [0.5, 0.6) is 11.5 Å². The van der Waals surface area contributed by atoms with E-state index in [0.29, 0.717) is 40.4 Å². The molecule has 0 spiro atoms. The van der Waals surface area contributed by atoms with E-state index in [1.54, 1.807) is 28.6 Å². The van der Waals surface area contributed by atoms with Gasteiger partial charge < -0.3 is 25.0 Å². The van der Waals surface area contributed by atoms with Crippen LogP contribution in [0.3, 0.4) is 0 Å². The van der Waals surface area contributed by atoms with Crippen molar-refractivity contribution in [3.05, 3.63) is 58.8 Å². The van der Waals surface area contributed by atoms with Crippen LogP contribution in [0.2, 0.25) is 0 Å². The molecule has 1 aromatic carbocycles. The molecule has 38 heavy (non-hydrogen) atoms. The van der Waals surface area contributed by atoms with Gasteiger partial charge in [-0.15, -0.1) is 0 Å². The highest BCUT2D eigenvalue weighted by molar-refractivity contribution is 9.10. The summed E-state index contributed by atoms with van der Waals surface area (Å²) < 4.78 is 15.7. The number of hydrogen-bond acceptors (Lipinski definition) is 8. The van der Waals surface area contributed by atoms with Crippen molar-refractivity contribution in [1.29, 1.82) is 0 Å². The van der Waals surface area contributed by atoms with Crippen molar-refractivity contribution < 1.29 is 14.3 Å². The Morgan fingerprint density at radius 2 is 2.11 bits per heavy atom. The molecule has 200 valence electrons. The fourth-order valence-electron chi connectivity index (χ4n) is 4.55. The van der Waals surface area contributed by atoms with E-state index in [1.165, 1.54) is 6.33 Å². The number of carbonyl (C=O) groups is 1. The van der Waals surface area contributed by atoms with Crippen LogP contribution < -0.4 is 20.1 Å². The third-order valence-corrected chi connectivity index (χ3v) is 7.08. The molecule has 1 amide bonds. The van der Waals surface area contributed by atoms with Gasteiger partial charge in [0.2, 0.25) is 0 Å². The lowest BCUT2D eigenvalue weighted by Gasteiger charge is -2.22. The quantitative estimate of drug-likeness (QED) is 0.309. The topological polar surface area (TPSA) is 111 Å². The van der Waals surface area contributed by atoms with E-state index in [1.807, 2.05) is 43.3 Å². The number of benzene rings is 1. The normalized spacial score (nSPS) is 15.7. The minimum atomic E-state index is -0.341. The Hall–Kier alpha value is -3.48. The number of hydrogen-bond donors (Lipinski definition) is 2. The second kappa shape index (κ2) is 11.5. The summed E-state index contributed by atoms with van der Waals surface area (Å²) in [6, 6.07) is 9.26. The van der Waals surface area contributed by atoms with Gasteiger partial charge in [-0.3, -0.25) is 4.79 Å². The van der Waals surface area contributed by atoms with E-state index in [9.17, 15) is 4.79 Å². The summed E-state index contributed by atoms with van der Waals surface area (Å²) in [6.07, 6.45) is 5.10. The maximum absolute atomic E-state index is 14.0. The maximum atomic E-state index is 14.0. The molecule has 2 N–H and O–H groups in total. The number of nitrogens with zero attached hydrogens (tertiary/aromatic N) is 6. The molecule has 0 bridgehead atoms. The summed E-state index contributed by atoms with van der Waals surface area (Å²) in [5, 5.41) is 15.7. The van der Waals surface area contributed by atoms with Gasteiger partial charge in [0.1, 0.15) is 34.5 Å². The van der Waals surface area contributed by atoms with Gasteiger partial charge >= 0.3 is 0 Å². The predicted octanol–water partition coefficient (Wildman–Crippen LogP) is 3.35. The first kappa shape index (κ1) is 26.1. The van der Waals surface area contributed by atoms with Crippen molar-refractivity contribution in [1.82, 2.24) is 34.6 Å². The molecule has 5 rings (SSSR count). The Labute approximate surface area is 229 Å². The fraction of sp³-hybridized carbons (Fsp3) is 0.385. The molecule has 1 saturated heterocycles. The highest BCUT2D eigenvalue weighted by Gasteiger charge is 2.31. The van der Waals surface area contributed by atoms with Crippen LogP contribution in [0.15, 0.2) is 47.5 Å². The van der Waals surface area contributed by atoms with Crippen molar-refractivity contribution in [2.45, 2.75) is 18.8 Å². The van der Waals surface area contributed by atoms with Gasteiger partial charge in [0.05, 0.1) is 24.7 Å². The molecule has 1 unspecified atom stereocenters. The van der Waals surface area contributed by atoms with Gasteiger partial charge in [-0.05, 0) is 79.7 Å². The molecule has 4 aromatic rings. The minimum absolute atomic E-state index is 0.127.